The predicted octanol–water partition coefficient (Wildman–Crippen LogP) is 4.32. The number of hydrogen-bond donors (Lipinski definition) is 2. The molecule has 0 radical (unpaired) electrons. The first kappa shape index (κ1) is 14.3. The molecule has 0 amide bonds. The summed E-state index contributed by atoms with van der Waals surface area (Å²) in [5, 5.41) is 3.32. The molecule has 0 aliphatic heterocycles. The molecule has 0 saturated heterocycles. The zero-order chi connectivity index (χ0) is 14.8. The van der Waals surface area contributed by atoms with Gasteiger partial charge in [0, 0.05) is 11.8 Å². The number of benzene rings is 2. The van der Waals surface area contributed by atoms with Crippen LogP contribution in [0.3, 0.4) is 0 Å². The topological polar surface area (TPSA) is 47.3 Å². The number of methoxy groups -OCH3 is 1. The van der Waals surface area contributed by atoms with Gasteiger partial charge in [-0.15, -0.1) is 0 Å². The molecule has 0 spiro atoms. The van der Waals surface area contributed by atoms with Gasteiger partial charge in [0.2, 0.25) is 0 Å². The summed E-state index contributed by atoms with van der Waals surface area (Å²) in [6.07, 6.45) is 0. The number of ether oxygens (including phenoxy) is 1. The highest BCUT2D eigenvalue weighted by atomic mass is 16.5. The smallest absolute Gasteiger partial charge is 0.121 e. The number of nitrogens with one attached hydrogen (secondary N) is 1. The Morgan fingerprint density at radius 3 is 2.20 bits per heavy atom. The highest BCUT2D eigenvalue weighted by Crippen LogP contribution is 2.29. The normalized spacial score (nSPS) is 11.2. The van der Waals surface area contributed by atoms with E-state index in [1.807, 2.05) is 18.2 Å². The molecule has 2 aromatic carbocycles. The zero-order valence-corrected chi connectivity index (χ0v) is 12.5. The quantitative estimate of drug-likeness (QED) is 0.817. The second kappa shape index (κ2) is 5.45. The number of hydrogen-bond acceptors (Lipinski definition) is 3. The molecular weight excluding hydrogens is 248 g/mol. The van der Waals surface area contributed by atoms with E-state index in [-0.39, 0.29) is 5.41 Å². The van der Waals surface area contributed by atoms with E-state index in [1.54, 1.807) is 7.11 Å². The lowest BCUT2D eigenvalue weighted by atomic mass is 9.87. The molecule has 20 heavy (non-hydrogen) atoms. The average Bonchev–Trinajstić information content (AvgIpc) is 2.41. The fourth-order valence-electron chi connectivity index (χ4n) is 1.98. The Morgan fingerprint density at radius 2 is 1.65 bits per heavy atom. The van der Waals surface area contributed by atoms with Gasteiger partial charge in [0.1, 0.15) is 5.75 Å². The van der Waals surface area contributed by atoms with Crippen LogP contribution in [0.1, 0.15) is 26.3 Å². The van der Waals surface area contributed by atoms with Crippen LogP contribution in [-0.4, -0.2) is 7.11 Å². The van der Waals surface area contributed by atoms with Crippen molar-refractivity contribution in [2.75, 3.05) is 18.2 Å². The van der Waals surface area contributed by atoms with Crippen LogP contribution >= 0.6 is 0 Å². The Morgan fingerprint density at radius 1 is 1.00 bits per heavy atom. The maximum absolute atomic E-state index is 5.97. The van der Waals surface area contributed by atoms with Crippen LogP contribution in [0.5, 0.6) is 5.75 Å². The third-order valence-electron chi connectivity index (χ3n) is 3.29. The van der Waals surface area contributed by atoms with Gasteiger partial charge in [0.25, 0.3) is 0 Å². The van der Waals surface area contributed by atoms with Crippen molar-refractivity contribution >= 4 is 17.1 Å². The van der Waals surface area contributed by atoms with Crippen LogP contribution in [-0.2, 0) is 5.41 Å². The summed E-state index contributed by atoms with van der Waals surface area (Å²) < 4.78 is 5.22. The van der Waals surface area contributed by atoms with Crippen molar-refractivity contribution in [2.24, 2.45) is 0 Å². The highest BCUT2D eigenvalue weighted by molar-refractivity contribution is 5.74. The summed E-state index contributed by atoms with van der Waals surface area (Å²) in [6, 6.07) is 14.0. The summed E-state index contributed by atoms with van der Waals surface area (Å²) >= 11 is 0. The third kappa shape index (κ3) is 3.23. The molecule has 0 unspecified atom stereocenters. The molecule has 0 aliphatic carbocycles. The molecule has 3 nitrogen and oxygen atoms in total. The summed E-state index contributed by atoms with van der Waals surface area (Å²) in [5.74, 6) is 0.785. The van der Waals surface area contributed by atoms with E-state index < -0.39 is 0 Å². The monoisotopic (exact) mass is 270 g/mol. The fourth-order valence-corrected chi connectivity index (χ4v) is 1.98. The Labute approximate surface area is 120 Å². The van der Waals surface area contributed by atoms with Crippen LogP contribution < -0.4 is 15.8 Å². The van der Waals surface area contributed by atoms with Crippen molar-refractivity contribution in [3.8, 4) is 5.75 Å². The average molecular weight is 270 g/mol. The largest absolute Gasteiger partial charge is 0.497 e. The second-order valence-electron chi connectivity index (χ2n) is 5.91. The zero-order valence-electron chi connectivity index (χ0n) is 12.5. The van der Waals surface area contributed by atoms with E-state index in [4.69, 9.17) is 10.5 Å². The van der Waals surface area contributed by atoms with Crippen molar-refractivity contribution in [1.29, 1.82) is 0 Å². The minimum atomic E-state index is 0.160. The predicted molar refractivity (Wildman–Crippen MR) is 85.8 cm³/mol. The molecular formula is C17H22N2O. The maximum Gasteiger partial charge on any atom is 0.121 e. The first-order valence-electron chi connectivity index (χ1n) is 6.71. The number of nitrogen functional groups attached to an aromatic ring is 1. The van der Waals surface area contributed by atoms with Gasteiger partial charge >= 0.3 is 0 Å². The van der Waals surface area contributed by atoms with Crippen LogP contribution in [0.25, 0.3) is 0 Å². The molecule has 106 valence electrons. The van der Waals surface area contributed by atoms with Crippen molar-refractivity contribution < 1.29 is 4.74 Å². The molecule has 0 fully saturated rings. The van der Waals surface area contributed by atoms with Gasteiger partial charge in [-0.2, -0.15) is 0 Å². The van der Waals surface area contributed by atoms with Gasteiger partial charge in [-0.25, -0.2) is 0 Å². The Balaban J connectivity index is 2.22. The van der Waals surface area contributed by atoms with Gasteiger partial charge in [0.05, 0.1) is 18.5 Å². The lowest BCUT2D eigenvalue weighted by Gasteiger charge is -2.19. The van der Waals surface area contributed by atoms with Crippen LogP contribution in [0.2, 0.25) is 0 Å². The maximum atomic E-state index is 5.97. The third-order valence-corrected chi connectivity index (χ3v) is 3.29. The van der Waals surface area contributed by atoms with E-state index in [0.717, 1.165) is 17.1 Å². The molecule has 0 aromatic heterocycles. The molecule has 0 bridgehead atoms. The van der Waals surface area contributed by atoms with Crippen molar-refractivity contribution in [3.63, 3.8) is 0 Å². The Hall–Kier alpha value is -2.16. The first-order valence-corrected chi connectivity index (χ1v) is 6.71. The van der Waals surface area contributed by atoms with E-state index in [9.17, 15) is 0 Å². The molecule has 0 atom stereocenters. The summed E-state index contributed by atoms with van der Waals surface area (Å²) in [7, 11) is 1.65. The Kier molecular flexibility index (Phi) is 3.89. The highest BCUT2D eigenvalue weighted by Gasteiger charge is 2.12. The Bertz CT molecular complexity index is 583. The van der Waals surface area contributed by atoms with E-state index >= 15 is 0 Å². The lowest BCUT2D eigenvalue weighted by molar-refractivity contribution is 0.415. The van der Waals surface area contributed by atoms with Crippen molar-refractivity contribution in [2.45, 2.75) is 26.2 Å². The van der Waals surface area contributed by atoms with Crippen LogP contribution in [0, 0.1) is 0 Å². The lowest BCUT2D eigenvalue weighted by Crippen LogP contribution is -2.10. The molecule has 3 heteroatoms. The van der Waals surface area contributed by atoms with E-state index in [1.165, 1.54) is 5.56 Å². The molecule has 3 N–H and O–H groups in total. The van der Waals surface area contributed by atoms with Crippen LogP contribution in [0.4, 0.5) is 17.1 Å². The van der Waals surface area contributed by atoms with Gasteiger partial charge in [-0.1, -0.05) is 32.9 Å². The first-order chi connectivity index (χ1) is 9.40. The number of anilines is 3. The SMILES string of the molecule is COc1ccc(N)c(Nc2ccc(C(C)(C)C)cc2)c1. The second-order valence-corrected chi connectivity index (χ2v) is 5.91. The minimum absolute atomic E-state index is 0.160. The minimum Gasteiger partial charge on any atom is -0.497 e. The number of rotatable bonds is 3. The van der Waals surface area contributed by atoms with Crippen molar-refractivity contribution in [3.05, 3.63) is 48.0 Å². The molecule has 0 aliphatic rings. The van der Waals surface area contributed by atoms with Gasteiger partial charge < -0.3 is 15.8 Å². The fraction of sp³-hybridized carbons (Fsp3) is 0.294. The molecule has 0 saturated carbocycles. The van der Waals surface area contributed by atoms with Gasteiger partial charge in [-0.3, -0.25) is 0 Å². The molecule has 2 aromatic rings. The van der Waals surface area contributed by atoms with Gasteiger partial charge in [0.15, 0.2) is 0 Å². The summed E-state index contributed by atoms with van der Waals surface area (Å²) in [6.45, 7) is 6.61. The summed E-state index contributed by atoms with van der Waals surface area (Å²) in [4.78, 5) is 0. The summed E-state index contributed by atoms with van der Waals surface area (Å²) in [5.41, 5.74) is 10.0. The van der Waals surface area contributed by atoms with E-state index in [2.05, 4.69) is 50.4 Å². The van der Waals surface area contributed by atoms with Crippen LogP contribution in [0.15, 0.2) is 42.5 Å². The van der Waals surface area contributed by atoms with E-state index in [0.29, 0.717) is 5.69 Å². The number of nitrogens with two attached hydrogens (primary N) is 1. The molecule has 0 heterocycles. The van der Waals surface area contributed by atoms with Gasteiger partial charge in [-0.05, 0) is 35.2 Å². The standard InChI is InChI=1S/C17H22N2O/c1-17(2,3)12-5-7-13(8-6-12)19-16-11-14(20-4)9-10-15(16)18/h5-11,19H,18H2,1-4H3. The molecule has 2 rings (SSSR count). The van der Waals surface area contributed by atoms with Crippen molar-refractivity contribution in [1.82, 2.24) is 0 Å².